The van der Waals surface area contributed by atoms with Gasteiger partial charge in [0.2, 0.25) is 0 Å². The van der Waals surface area contributed by atoms with Crippen molar-refractivity contribution < 1.29 is 9.90 Å². The molecule has 0 rings (SSSR count). The topological polar surface area (TPSA) is 49.3 Å². The van der Waals surface area contributed by atoms with Crippen LogP contribution in [0.15, 0.2) is 0 Å². The van der Waals surface area contributed by atoms with Crippen molar-refractivity contribution in [2.75, 3.05) is 0 Å². The maximum absolute atomic E-state index is 10.2. The van der Waals surface area contributed by atoms with Gasteiger partial charge in [0.1, 0.15) is 0 Å². The maximum atomic E-state index is 10.2. The maximum Gasteiger partial charge on any atom is 0.405 e. The van der Waals surface area contributed by atoms with Gasteiger partial charge in [-0.3, -0.25) is 0 Å². The van der Waals surface area contributed by atoms with Gasteiger partial charge in [-0.15, -0.1) is 17.0 Å². The standard InChI is InChI=1S/C7H14BrNO2.BrH/c1-3-4-5(2)6(8)9-7(10)11;/h5-6,9H,3-4H2,1-2H3,(H,10,11);1H. The molecule has 0 aromatic carbocycles. The van der Waals surface area contributed by atoms with Crippen LogP contribution in [0.25, 0.3) is 0 Å². The molecule has 2 N–H and O–H groups in total. The largest absolute Gasteiger partial charge is 0.465 e. The molecular weight excluding hydrogens is 290 g/mol. The number of carbonyl (C=O) groups is 1. The van der Waals surface area contributed by atoms with Crippen LogP contribution in [0.4, 0.5) is 4.79 Å². The highest BCUT2D eigenvalue weighted by molar-refractivity contribution is 9.09. The van der Waals surface area contributed by atoms with Crippen molar-refractivity contribution in [3.8, 4) is 0 Å². The number of amides is 1. The van der Waals surface area contributed by atoms with Gasteiger partial charge in [0.25, 0.3) is 0 Å². The summed E-state index contributed by atoms with van der Waals surface area (Å²) in [6.07, 6.45) is 1.12. The molecule has 0 aliphatic carbocycles. The molecule has 0 spiro atoms. The first kappa shape index (κ1) is 14.7. The van der Waals surface area contributed by atoms with Crippen LogP contribution in [0, 0.1) is 5.92 Å². The molecule has 0 aromatic heterocycles. The van der Waals surface area contributed by atoms with E-state index in [1.165, 1.54) is 0 Å². The van der Waals surface area contributed by atoms with Crippen LogP contribution in [-0.4, -0.2) is 16.2 Å². The van der Waals surface area contributed by atoms with Crippen LogP contribution in [0.5, 0.6) is 0 Å². The van der Waals surface area contributed by atoms with Crippen LogP contribution >= 0.6 is 32.9 Å². The molecule has 0 radical (unpaired) electrons. The van der Waals surface area contributed by atoms with Crippen molar-refractivity contribution in [1.29, 1.82) is 0 Å². The SMILES string of the molecule is Br.CCCC(C)C(Br)NC(=O)O. The van der Waals surface area contributed by atoms with E-state index in [2.05, 4.69) is 28.2 Å². The fourth-order valence-corrected chi connectivity index (χ4v) is 1.32. The third kappa shape index (κ3) is 6.91. The number of hydrogen-bond donors (Lipinski definition) is 2. The van der Waals surface area contributed by atoms with E-state index in [0.717, 1.165) is 12.8 Å². The van der Waals surface area contributed by atoms with Crippen molar-refractivity contribution in [3.63, 3.8) is 0 Å². The van der Waals surface area contributed by atoms with Crippen molar-refractivity contribution in [2.24, 2.45) is 5.92 Å². The summed E-state index contributed by atoms with van der Waals surface area (Å²) in [5.74, 6) is 0.344. The second-order valence-corrected chi connectivity index (χ2v) is 3.60. The van der Waals surface area contributed by atoms with E-state index >= 15 is 0 Å². The highest BCUT2D eigenvalue weighted by Gasteiger charge is 2.14. The van der Waals surface area contributed by atoms with Crippen molar-refractivity contribution in [3.05, 3.63) is 0 Å². The Kier molecular flexibility index (Phi) is 9.65. The number of halogens is 2. The minimum absolute atomic E-state index is 0. The third-order valence-electron chi connectivity index (χ3n) is 1.50. The van der Waals surface area contributed by atoms with E-state index < -0.39 is 6.09 Å². The summed E-state index contributed by atoms with van der Waals surface area (Å²) in [5.41, 5.74) is 0. The Morgan fingerprint density at radius 1 is 1.67 bits per heavy atom. The normalized spacial score (nSPS) is 14.2. The fraction of sp³-hybridized carbons (Fsp3) is 0.857. The zero-order valence-electron chi connectivity index (χ0n) is 7.21. The lowest BCUT2D eigenvalue weighted by atomic mass is 10.1. The summed E-state index contributed by atoms with van der Waals surface area (Å²) in [7, 11) is 0. The van der Waals surface area contributed by atoms with Gasteiger partial charge in [0.15, 0.2) is 0 Å². The van der Waals surface area contributed by atoms with Crippen molar-refractivity contribution in [1.82, 2.24) is 5.32 Å². The minimum Gasteiger partial charge on any atom is -0.465 e. The Labute approximate surface area is 91.8 Å². The predicted molar refractivity (Wildman–Crippen MR) is 58.3 cm³/mol. The van der Waals surface area contributed by atoms with Gasteiger partial charge in [-0.2, -0.15) is 0 Å². The van der Waals surface area contributed by atoms with Crippen LogP contribution in [-0.2, 0) is 0 Å². The van der Waals surface area contributed by atoms with Gasteiger partial charge in [-0.25, -0.2) is 4.79 Å². The van der Waals surface area contributed by atoms with Gasteiger partial charge in [0.05, 0.1) is 4.95 Å². The Bertz CT molecular complexity index is 133. The van der Waals surface area contributed by atoms with Crippen molar-refractivity contribution >= 4 is 39.0 Å². The smallest absolute Gasteiger partial charge is 0.405 e. The monoisotopic (exact) mass is 303 g/mol. The first-order chi connectivity index (χ1) is 5.07. The molecule has 0 aliphatic rings. The summed E-state index contributed by atoms with van der Waals surface area (Å²) in [4.78, 5) is 10.1. The molecule has 0 aromatic rings. The first-order valence-electron chi connectivity index (χ1n) is 3.71. The Balaban J connectivity index is 0. The summed E-state index contributed by atoms with van der Waals surface area (Å²) in [6.45, 7) is 4.09. The van der Waals surface area contributed by atoms with E-state index in [1.807, 2.05) is 6.92 Å². The molecule has 0 saturated heterocycles. The number of hydrogen-bond acceptors (Lipinski definition) is 1. The van der Waals surface area contributed by atoms with Crippen LogP contribution in [0.3, 0.4) is 0 Å². The highest BCUT2D eigenvalue weighted by Crippen LogP contribution is 2.14. The zero-order chi connectivity index (χ0) is 8.85. The number of rotatable bonds is 4. The van der Waals surface area contributed by atoms with Crippen LogP contribution < -0.4 is 5.32 Å². The van der Waals surface area contributed by atoms with Gasteiger partial charge < -0.3 is 10.4 Å². The molecule has 1 amide bonds. The summed E-state index contributed by atoms with van der Waals surface area (Å²) < 4.78 is 0. The number of nitrogens with one attached hydrogen (secondary N) is 1. The van der Waals surface area contributed by atoms with Gasteiger partial charge in [-0.05, 0) is 12.3 Å². The van der Waals surface area contributed by atoms with Crippen LogP contribution in [0.2, 0.25) is 0 Å². The molecule has 0 aliphatic heterocycles. The van der Waals surface area contributed by atoms with E-state index in [0.29, 0.717) is 5.92 Å². The Morgan fingerprint density at radius 2 is 2.17 bits per heavy atom. The Morgan fingerprint density at radius 3 is 2.50 bits per heavy atom. The lowest BCUT2D eigenvalue weighted by Crippen LogP contribution is -2.33. The second kappa shape index (κ2) is 7.86. The third-order valence-corrected chi connectivity index (χ3v) is 2.64. The van der Waals surface area contributed by atoms with Gasteiger partial charge in [-0.1, -0.05) is 36.2 Å². The van der Waals surface area contributed by atoms with E-state index in [1.54, 1.807) is 0 Å². The van der Waals surface area contributed by atoms with E-state index in [4.69, 9.17) is 5.11 Å². The summed E-state index contributed by atoms with van der Waals surface area (Å²) in [5, 5.41) is 10.7. The molecule has 5 heteroatoms. The molecule has 0 fully saturated rings. The number of alkyl halides is 1. The predicted octanol–water partition coefficient (Wildman–Crippen LogP) is 2.99. The molecule has 3 nitrogen and oxygen atoms in total. The van der Waals surface area contributed by atoms with E-state index in [9.17, 15) is 4.79 Å². The summed E-state index contributed by atoms with van der Waals surface area (Å²) in [6, 6.07) is 0. The van der Waals surface area contributed by atoms with Crippen molar-refractivity contribution in [2.45, 2.75) is 31.6 Å². The molecule has 12 heavy (non-hydrogen) atoms. The van der Waals surface area contributed by atoms with E-state index in [-0.39, 0.29) is 21.9 Å². The van der Waals surface area contributed by atoms with Gasteiger partial charge in [0, 0.05) is 0 Å². The molecule has 2 unspecified atom stereocenters. The molecule has 2 atom stereocenters. The van der Waals surface area contributed by atoms with Crippen LogP contribution in [0.1, 0.15) is 26.7 Å². The molecule has 74 valence electrons. The quantitative estimate of drug-likeness (QED) is 0.619. The molecular formula is C7H15Br2NO2. The van der Waals surface area contributed by atoms with Gasteiger partial charge >= 0.3 is 6.09 Å². The average Bonchev–Trinajstić information content (AvgIpc) is 1.86. The molecule has 0 saturated carbocycles. The summed E-state index contributed by atoms with van der Waals surface area (Å²) >= 11 is 3.25. The lowest BCUT2D eigenvalue weighted by molar-refractivity contribution is 0.191. The Hall–Kier alpha value is 0.230. The average molecular weight is 305 g/mol. The number of carboxylic acid groups (broad SMARTS) is 1. The molecule has 0 heterocycles. The zero-order valence-corrected chi connectivity index (χ0v) is 10.5. The first-order valence-corrected chi connectivity index (χ1v) is 4.63. The minimum atomic E-state index is -0.977. The lowest BCUT2D eigenvalue weighted by Gasteiger charge is -2.16. The fourth-order valence-electron chi connectivity index (χ4n) is 0.862. The molecule has 0 bridgehead atoms. The highest BCUT2D eigenvalue weighted by atomic mass is 79.9. The second-order valence-electron chi connectivity index (χ2n) is 2.62.